The lowest BCUT2D eigenvalue weighted by atomic mass is 9.70. The Kier molecular flexibility index (Phi) is 7.24. The molecule has 64 heavy (non-hydrogen) atoms. The van der Waals surface area contributed by atoms with E-state index in [9.17, 15) is 0 Å². The van der Waals surface area contributed by atoms with Crippen molar-refractivity contribution in [2.24, 2.45) is 0 Å². The van der Waals surface area contributed by atoms with Crippen LogP contribution in [0.25, 0.3) is 65.7 Å². The molecule has 0 bridgehead atoms. The van der Waals surface area contributed by atoms with Crippen molar-refractivity contribution in [1.82, 2.24) is 0 Å². The number of fused-ring (bicyclic) bond motifs is 19. The number of rotatable bonds is 4. The van der Waals surface area contributed by atoms with Crippen LogP contribution in [0.3, 0.4) is 0 Å². The normalized spacial score (nSPS) is 15.8. The van der Waals surface area contributed by atoms with Crippen molar-refractivity contribution in [2.75, 3.05) is 4.90 Å². The number of hydrogen-bond acceptors (Lipinski definition) is 1. The van der Waals surface area contributed by atoms with Crippen LogP contribution in [0.4, 0.5) is 17.1 Å². The minimum atomic E-state index is -0.454. The average Bonchev–Trinajstić information content (AvgIpc) is 3.94. The van der Waals surface area contributed by atoms with E-state index in [2.05, 4.69) is 242 Å². The molecule has 0 N–H and O–H groups in total. The fourth-order valence-corrected chi connectivity index (χ4v) is 12.5. The maximum atomic E-state index is 2.57. The second-order valence-electron chi connectivity index (χ2n) is 18.0. The SMILES string of the molecule is CC1(c2ccccc2)c2ccccc2-c2ccc(N(c3ccc4c5ccccc5c5ccccc5c4c3)c3cccc4c3-c3ccccc3C43c4ccccc4-c4ccccc43)cc21. The van der Waals surface area contributed by atoms with E-state index in [0.29, 0.717) is 0 Å². The Morgan fingerprint density at radius 1 is 0.297 bits per heavy atom. The zero-order chi connectivity index (χ0) is 42.1. The van der Waals surface area contributed by atoms with Gasteiger partial charge in [-0.15, -0.1) is 0 Å². The highest BCUT2D eigenvalue weighted by Crippen LogP contribution is 2.65. The summed E-state index contributed by atoms with van der Waals surface area (Å²) >= 11 is 0. The summed E-state index contributed by atoms with van der Waals surface area (Å²) in [4.78, 5) is 2.57. The minimum Gasteiger partial charge on any atom is -0.310 e. The highest BCUT2D eigenvalue weighted by Gasteiger charge is 2.52. The molecule has 0 fully saturated rings. The van der Waals surface area contributed by atoms with Gasteiger partial charge >= 0.3 is 0 Å². The predicted octanol–water partition coefficient (Wildman–Crippen LogP) is 16.3. The Hall–Kier alpha value is -8.00. The van der Waals surface area contributed by atoms with E-state index in [0.717, 1.165) is 11.4 Å². The molecule has 1 heteroatoms. The Bertz CT molecular complexity index is 3680. The van der Waals surface area contributed by atoms with Gasteiger partial charge in [0.05, 0.1) is 11.1 Å². The molecule has 0 heterocycles. The molecule has 11 aromatic carbocycles. The molecule has 0 aliphatic heterocycles. The minimum absolute atomic E-state index is 0.347. The number of anilines is 3. The zero-order valence-corrected chi connectivity index (χ0v) is 35.4. The molecule has 0 aromatic heterocycles. The molecule has 1 unspecified atom stereocenters. The molecule has 0 radical (unpaired) electrons. The largest absolute Gasteiger partial charge is 0.310 e. The fraction of sp³-hybridized carbons (Fsp3) is 0.0476. The van der Waals surface area contributed by atoms with Crippen LogP contribution in [-0.4, -0.2) is 0 Å². The van der Waals surface area contributed by atoms with Gasteiger partial charge in [0, 0.05) is 22.4 Å². The van der Waals surface area contributed by atoms with Crippen LogP contribution in [0, 0.1) is 0 Å². The van der Waals surface area contributed by atoms with Crippen LogP contribution >= 0.6 is 0 Å². The Balaban J connectivity index is 1.09. The lowest BCUT2D eigenvalue weighted by Gasteiger charge is -2.33. The van der Waals surface area contributed by atoms with E-state index >= 15 is 0 Å². The monoisotopic (exact) mass is 811 g/mol. The quantitative estimate of drug-likeness (QED) is 0.160. The summed E-state index contributed by atoms with van der Waals surface area (Å²) in [5.74, 6) is 0. The lowest BCUT2D eigenvalue weighted by molar-refractivity contribution is 0.714. The Morgan fingerprint density at radius 3 is 1.38 bits per heavy atom. The molecule has 0 saturated heterocycles. The van der Waals surface area contributed by atoms with E-state index in [4.69, 9.17) is 0 Å². The maximum Gasteiger partial charge on any atom is 0.0726 e. The van der Waals surface area contributed by atoms with Crippen molar-refractivity contribution < 1.29 is 0 Å². The summed E-state index contributed by atoms with van der Waals surface area (Å²) in [5, 5.41) is 7.62. The van der Waals surface area contributed by atoms with Gasteiger partial charge < -0.3 is 4.90 Å². The molecule has 14 rings (SSSR count). The molecule has 0 amide bonds. The van der Waals surface area contributed by atoms with Gasteiger partial charge in [-0.2, -0.15) is 0 Å². The zero-order valence-electron chi connectivity index (χ0n) is 35.4. The molecule has 1 nitrogen and oxygen atoms in total. The highest BCUT2D eigenvalue weighted by molar-refractivity contribution is 6.26. The molecule has 1 spiro atoms. The summed E-state index contributed by atoms with van der Waals surface area (Å²) in [6.07, 6.45) is 0. The lowest BCUT2D eigenvalue weighted by Crippen LogP contribution is -2.26. The van der Waals surface area contributed by atoms with Crippen molar-refractivity contribution >= 4 is 49.4 Å². The summed E-state index contributed by atoms with van der Waals surface area (Å²) in [6.45, 7) is 2.42. The van der Waals surface area contributed by atoms with Crippen LogP contribution in [0.5, 0.6) is 0 Å². The van der Waals surface area contributed by atoms with Crippen molar-refractivity contribution in [2.45, 2.75) is 17.8 Å². The standard InChI is InChI=1S/C63H41N/c1-62(40-18-3-2-4-19-40)54-28-13-9-24-48(54)51-37-35-42(39-59(51)62)64(41-34-36-47-45-22-6-5-20-43(45)44-21-7-8-23-46(44)53(47)38-41)60-33-17-32-58-61(60)52-27-12-16-31-57(52)63(58)55-29-14-10-25-49(55)50-26-11-15-30-56(50)63/h2-39H,1H3. The molecular formula is C63H41N. The number of hydrogen-bond donors (Lipinski definition) is 0. The maximum absolute atomic E-state index is 2.57. The predicted molar refractivity (Wildman–Crippen MR) is 267 cm³/mol. The molecular weight excluding hydrogens is 771 g/mol. The molecule has 3 aliphatic rings. The van der Waals surface area contributed by atoms with E-state index in [1.54, 1.807) is 0 Å². The number of nitrogens with zero attached hydrogens (tertiary/aromatic N) is 1. The van der Waals surface area contributed by atoms with Gasteiger partial charge in [-0.05, 0) is 136 Å². The van der Waals surface area contributed by atoms with E-state index in [1.165, 1.54) is 110 Å². The highest BCUT2D eigenvalue weighted by atomic mass is 15.1. The van der Waals surface area contributed by atoms with Gasteiger partial charge in [0.25, 0.3) is 0 Å². The topological polar surface area (TPSA) is 3.24 Å². The smallest absolute Gasteiger partial charge is 0.0726 e. The molecule has 1 atom stereocenters. The van der Waals surface area contributed by atoms with Gasteiger partial charge in [0.1, 0.15) is 0 Å². The molecule has 11 aromatic rings. The first-order valence-electron chi connectivity index (χ1n) is 22.5. The van der Waals surface area contributed by atoms with Crippen LogP contribution in [0.15, 0.2) is 231 Å². The van der Waals surface area contributed by atoms with Gasteiger partial charge in [0.2, 0.25) is 0 Å². The summed E-state index contributed by atoms with van der Waals surface area (Å²) in [5.41, 5.74) is 19.8. The third-order valence-electron chi connectivity index (χ3n) is 15.1. The Labute approximate surface area is 373 Å². The summed E-state index contributed by atoms with van der Waals surface area (Å²) in [7, 11) is 0. The van der Waals surface area contributed by atoms with Gasteiger partial charge in [-0.3, -0.25) is 0 Å². The fourth-order valence-electron chi connectivity index (χ4n) is 12.5. The first-order valence-corrected chi connectivity index (χ1v) is 22.5. The first-order chi connectivity index (χ1) is 31.7. The van der Waals surface area contributed by atoms with Crippen molar-refractivity contribution in [3.8, 4) is 33.4 Å². The summed E-state index contributed by atoms with van der Waals surface area (Å²) < 4.78 is 0. The van der Waals surface area contributed by atoms with E-state index in [-0.39, 0.29) is 5.41 Å². The molecule has 0 saturated carbocycles. The van der Waals surface area contributed by atoms with Crippen molar-refractivity contribution in [1.29, 1.82) is 0 Å². The Morgan fingerprint density at radius 2 is 0.734 bits per heavy atom. The third-order valence-corrected chi connectivity index (χ3v) is 15.1. The van der Waals surface area contributed by atoms with E-state index < -0.39 is 5.41 Å². The van der Waals surface area contributed by atoms with Gasteiger partial charge in [-0.25, -0.2) is 0 Å². The van der Waals surface area contributed by atoms with Crippen LogP contribution in [0.1, 0.15) is 45.9 Å². The second-order valence-corrected chi connectivity index (χ2v) is 18.0. The number of benzene rings is 11. The van der Waals surface area contributed by atoms with E-state index in [1.807, 2.05) is 0 Å². The van der Waals surface area contributed by atoms with Crippen LogP contribution in [-0.2, 0) is 10.8 Å². The van der Waals surface area contributed by atoms with Crippen molar-refractivity contribution in [3.05, 3.63) is 269 Å². The second kappa shape index (κ2) is 13.0. The first kappa shape index (κ1) is 35.6. The van der Waals surface area contributed by atoms with Gasteiger partial charge in [-0.1, -0.05) is 200 Å². The summed E-state index contributed by atoms with van der Waals surface area (Å²) in [6, 6.07) is 86.8. The van der Waals surface area contributed by atoms with Crippen LogP contribution < -0.4 is 4.90 Å². The van der Waals surface area contributed by atoms with Gasteiger partial charge in [0.15, 0.2) is 0 Å². The molecule has 298 valence electrons. The van der Waals surface area contributed by atoms with Crippen LogP contribution in [0.2, 0.25) is 0 Å². The molecule has 3 aliphatic carbocycles. The third kappa shape index (κ3) is 4.48. The van der Waals surface area contributed by atoms with Crippen molar-refractivity contribution in [3.63, 3.8) is 0 Å². The average molecular weight is 812 g/mol.